The van der Waals surface area contributed by atoms with Gasteiger partial charge >= 0.3 is 0 Å². The number of anilines is 1. The summed E-state index contributed by atoms with van der Waals surface area (Å²) < 4.78 is 5.36. The van der Waals surface area contributed by atoms with Gasteiger partial charge in [0.05, 0.1) is 23.9 Å². The summed E-state index contributed by atoms with van der Waals surface area (Å²) in [7, 11) is 0. The molecule has 1 aromatic carbocycles. The van der Waals surface area contributed by atoms with Crippen LogP contribution in [-0.4, -0.2) is 26.3 Å². The summed E-state index contributed by atoms with van der Waals surface area (Å²) in [5.74, 6) is 0. The number of rotatable bonds is 1. The fraction of sp³-hybridized carbons (Fsp3) is 0.500. The van der Waals surface area contributed by atoms with Crippen molar-refractivity contribution in [2.24, 2.45) is 0 Å². The van der Waals surface area contributed by atoms with Crippen LogP contribution in [0.1, 0.15) is 11.1 Å². The number of hydrogen-bond acceptors (Lipinski definition) is 3. The Morgan fingerprint density at radius 1 is 1.12 bits per heavy atom. The lowest BCUT2D eigenvalue weighted by molar-refractivity contribution is 0.122. The van der Waals surface area contributed by atoms with Gasteiger partial charge in [0.1, 0.15) is 0 Å². The second-order valence-electron chi connectivity index (χ2n) is 4.28. The first-order chi connectivity index (χ1) is 7.84. The maximum Gasteiger partial charge on any atom is 0.0643 e. The van der Waals surface area contributed by atoms with E-state index in [4.69, 9.17) is 16.3 Å². The predicted octanol–water partition coefficient (Wildman–Crippen LogP) is 2.20. The lowest BCUT2D eigenvalue weighted by atomic mass is 10.1. The topological polar surface area (TPSA) is 24.5 Å². The Morgan fingerprint density at radius 2 is 1.76 bits per heavy atom. The van der Waals surface area contributed by atoms with E-state index < -0.39 is 0 Å². The first-order valence-corrected chi connectivity index (χ1v) is 6.07. The lowest BCUT2D eigenvalue weighted by Crippen LogP contribution is -2.36. The third-order valence-corrected chi connectivity index (χ3v) is 3.55. The number of ether oxygens (including phenoxy) is 1. The average Bonchev–Trinajstić information content (AvgIpc) is 2.76. The molecule has 0 aromatic heterocycles. The van der Waals surface area contributed by atoms with E-state index in [1.165, 1.54) is 11.1 Å². The van der Waals surface area contributed by atoms with Crippen molar-refractivity contribution in [3.8, 4) is 0 Å². The zero-order valence-corrected chi connectivity index (χ0v) is 11.1. The Bertz CT molecular complexity index is 406. The molecule has 1 fully saturated rings. The van der Waals surface area contributed by atoms with Gasteiger partial charge in [0.15, 0.2) is 0 Å². The van der Waals surface area contributed by atoms with E-state index in [0.29, 0.717) is 0 Å². The molecule has 1 N–H and O–H groups in total. The van der Waals surface area contributed by atoms with Crippen molar-refractivity contribution >= 4 is 29.7 Å². The zero-order valence-electron chi connectivity index (χ0n) is 9.54. The summed E-state index contributed by atoms with van der Waals surface area (Å²) in [5, 5.41) is 4.21. The van der Waals surface area contributed by atoms with Crippen LogP contribution in [0.25, 0.3) is 0 Å². The molecular weight excluding hydrogens is 259 g/mol. The molecule has 5 heteroatoms. The van der Waals surface area contributed by atoms with Gasteiger partial charge in [0, 0.05) is 26.2 Å². The predicted molar refractivity (Wildman–Crippen MR) is 72.3 cm³/mol. The van der Waals surface area contributed by atoms with Gasteiger partial charge in [-0.3, -0.25) is 0 Å². The molecule has 3 nitrogen and oxygen atoms in total. The van der Waals surface area contributed by atoms with Crippen LogP contribution in [0.4, 0.5) is 5.69 Å². The van der Waals surface area contributed by atoms with Crippen LogP contribution in [0.5, 0.6) is 0 Å². The van der Waals surface area contributed by atoms with Crippen molar-refractivity contribution < 1.29 is 4.74 Å². The second kappa shape index (κ2) is 5.44. The van der Waals surface area contributed by atoms with Gasteiger partial charge in [0.25, 0.3) is 0 Å². The molecule has 1 aromatic rings. The highest BCUT2D eigenvalue weighted by atomic mass is 35.5. The number of nitrogens with one attached hydrogen (secondary N) is 1. The number of hydrogen-bond donors (Lipinski definition) is 1. The molecule has 0 amide bonds. The molecule has 17 heavy (non-hydrogen) atoms. The van der Waals surface area contributed by atoms with Crippen molar-refractivity contribution in [1.29, 1.82) is 0 Å². The van der Waals surface area contributed by atoms with Gasteiger partial charge in [-0.25, -0.2) is 0 Å². The minimum Gasteiger partial charge on any atom is -0.378 e. The van der Waals surface area contributed by atoms with Crippen LogP contribution in [0.15, 0.2) is 12.1 Å². The van der Waals surface area contributed by atoms with Crippen molar-refractivity contribution in [2.75, 3.05) is 31.2 Å². The summed E-state index contributed by atoms with van der Waals surface area (Å²) in [4.78, 5) is 2.31. The fourth-order valence-electron chi connectivity index (χ4n) is 2.35. The lowest BCUT2D eigenvalue weighted by Gasteiger charge is -2.30. The molecule has 0 aliphatic carbocycles. The Kier molecular flexibility index (Phi) is 4.15. The Labute approximate surface area is 112 Å². The molecule has 1 saturated heterocycles. The van der Waals surface area contributed by atoms with E-state index in [-0.39, 0.29) is 12.4 Å². The first-order valence-electron chi connectivity index (χ1n) is 5.69. The zero-order chi connectivity index (χ0) is 11.0. The van der Waals surface area contributed by atoms with E-state index in [0.717, 1.165) is 50.1 Å². The van der Waals surface area contributed by atoms with Gasteiger partial charge in [0.2, 0.25) is 0 Å². The van der Waals surface area contributed by atoms with Gasteiger partial charge < -0.3 is 15.0 Å². The SMILES string of the molecule is Cl.Clc1cc2c(cc1N1CCOCC1)CNC2. The average molecular weight is 275 g/mol. The summed E-state index contributed by atoms with van der Waals surface area (Å²) in [6.07, 6.45) is 0. The maximum atomic E-state index is 6.33. The number of nitrogens with zero attached hydrogens (tertiary/aromatic N) is 1. The molecule has 3 rings (SSSR count). The van der Waals surface area contributed by atoms with Crippen LogP contribution >= 0.6 is 24.0 Å². The number of benzene rings is 1. The Morgan fingerprint density at radius 3 is 2.47 bits per heavy atom. The van der Waals surface area contributed by atoms with Crippen LogP contribution in [0.3, 0.4) is 0 Å². The van der Waals surface area contributed by atoms with Crippen LogP contribution in [0.2, 0.25) is 5.02 Å². The standard InChI is InChI=1S/C12H15ClN2O.ClH/c13-11-5-9-7-14-8-10(9)6-12(11)15-1-3-16-4-2-15;/h5-6,14H,1-4,7-8H2;1H. The Balaban J connectivity index is 0.00000108. The molecule has 0 spiro atoms. The second-order valence-corrected chi connectivity index (χ2v) is 4.68. The Hall–Kier alpha value is -0.480. The molecule has 0 bridgehead atoms. The van der Waals surface area contributed by atoms with Crippen LogP contribution in [0, 0.1) is 0 Å². The molecule has 0 saturated carbocycles. The van der Waals surface area contributed by atoms with Gasteiger partial charge in [-0.2, -0.15) is 0 Å². The smallest absolute Gasteiger partial charge is 0.0643 e. The van der Waals surface area contributed by atoms with E-state index in [2.05, 4.69) is 22.3 Å². The summed E-state index contributed by atoms with van der Waals surface area (Å²) in [6, 6.07) is 4.32. The van der Waals surface area contributed by atoms with Crippen molar-refractivity contribution in [1.82, 2.24) is 5.32 Å². The highest BCUT2D eigenvalue weighted by Crippen LogP contribution is 2.31. The minimum atomic E-state index is 0. The van der Waals surface area contributed by atoms with Crippen molar-refractivity contribution in [2.45, 2.75) is 13.1 Å². The van der Waals surface area contributed by atoms with Crippen LogP contribution < -0.4 is 10.2 Å². The van der Waals surface area contributed by atoms with Gasteiger partial charge in [-0.1, -0.05) is 11.6 Å². The van der Waals surface area contributed by atoms with Crippen molar-refractivity contribution in [3.05, 3.63) is 28.3 Å². The molecule has 0 radical (unpaired) electrons. The summed E-state index contributed by atoms with van der Waals surface area (Å²) in [6.45, 7) is 5.37. The largest absolute Gasteiger partial charge is 0.378 e. The normalized spacial score (nSPS) is 18.8. The molecule has 0 atom stereocenters. The third-order valence-electron chi connectivity index (χ3n) is 3.25. The first kappa shape index (κ1) is 13.0. The fourth-order valence-corrected chi connectivity index (χ4v) is 2.66. The van der Waals surface area contributed by atoms with E-state index >= 15 is 0 Å². The third kappa shape index (κ3) is 2.52. The number of fused-ring (bicyclic) bond motifs is 1. The van der Waals surface area contributed by atoms with Gasteiger partial charge in [-0.15, -0.1) is 12.4 Å². The number of halogens is 2. The van der Waals surface area contributed by atoms with E-state index in [9.17, 15) is 0 Å². The van der Waals surface area contributed by atoms with E-state index in [1.807, 2.05) is 0 Å². The minimum absolute atomic E-state index is 0. The molecule has 0 unspecified atom stereocenters. The molecule has 2 aliphatic heterocycles. The highest BCUT2D eigenvalue weighted by molar-refractivity contribution is 6.33. The molecule has 2 heterocycles. The molecule has 94 valence electrons. The van der Waals surface area contributed by atoms with Gasteiger partial charge in [-0.05, 0) is 23.3 Å². The molecular formula is C12H16Cl2N2O. The number of morpholine rings is 1. The quantitative estimate of drug-likeness (QED) is 0.850. The molecule has 2 aliphatic rings. The van der Waals surface area contributed by atoms with Crippen molar-refractivity contribution in [3.63, 3.8) is 0 Å². The summed E-state index contributed by atoms with van der Waals surface area (Å²) in [5.41, 5.74) is 3.88. The van der Waals surface area contributed by atoms with E-state index in [1.54, 1.807) is 0 Å². The summed E-state index contributed by atoms with van der Waals surface area (Å²) >= 11 is 6.33. The van der Waals surface area contributed by atoms with Crippen LogP contribution in [-0.2, 0) is 17.8 Å². The monoisotopic (exact) mass is 274 g/mol. The maximum absolute atomic E-state index is 6.33. The highest BCUT2D eigenvalue weighted by Gasteiger charge is 2.18.